The predicted molar refractivity (Wildman–Crippen MR) is 124 cm³/mol. The van der Waals surface area contributed by atoms with Gasteiger partial charge in [-0.1, -0.05) is 11.3 Å². The average molecular weight is 508 g/mol. The number of carbonyl (C=O) groups is 1. The number of thiazole rings is 1. The van der Waals surface area contributed by atoms with Crippen LogP contribution in [0.4, 0.5) is 13.9 Å². The van der Waals surface area contributed by atoms with Gasteiger partial charge in [-0.05, 0) is 68.1 Å². The maximum Gasteiger partial charge on any atom is 0.247 e. The molecule has 2 fully saturated rings. The van der Waals surface area contributed by atoms with Crippen LogP contribution in [-0.2, 0) is 19.6 Å². The molecular formula is C23H23F2N3O4S2. The molecule has 180 valence electrons. The molecular weight excluding hydrogens is 484 g/mol. The number of carbonyl (C=O) groups excluding carboxylic acids is 1. The molecule has 2 aliphatic heterocycles. The molecule has 0 N–H and O–H groups in total. The summed E-state index contributed by atoms with van der Waals surface area (Å²) in [6, 6.07) is 7.90. The van der Waals surface area contributed by atoms with E-state index in [4.69, 9.17) is 4.74 Å². The molecule has 2 atom stereocenters. The van der Waals surface area contributed by atoms with Gasteiger partial charge < -0.3 is 4.74 Å². The molecule has 34 heavy (non-hydrogen) atoms. The van der Waals surface area contributed by atoms with Gasteiger partial charge >= 0.3 is 0 Å². The topological polar surface area (TPSA) is 79.8 Å². The van der Waals surface area contributed by atoms with Crippen molar-refractivity contribution in [1.82, 2.24) is 9.29 Å². The first-order chi connectivity index (χ1) is 16.3. The molecule has 1 aromatic heterocycles. The third-order valence-corrected chi connectivity index (χ3v) is 9.12. The number of hydrogen-bond donors (Lipinski definition) is 0. The lowest BCUT2D eigenvalue weighted by Crippen LogP contribution is -2.49. The molecule has 2 aromatic carbocycles. The summed E-state index contributed by atoms with van der Waals surface area (Å²) in [4.78, 5) is 19.8. The van der Waals surface area contributed by atoms with Crippen LogP contribution in [0.25, 0.3) is 10.2 Å². The van der Waals surface area contributed by atoms with Crippen molar-refractivity contribution in [2.24, 2.45) is 0 Å². The van der Waals surface area contributed by atoms with E-state index >= 15 is 0 Å². The van der Waals surface area contributed by atoms with Gasteiger partial charge in [-0.2, -0.15) is 4.31 Å². The van der Waals surface area contributed by atoms with Gasteiger partial charge in [-0.3, -0.25) is 9.69 Å². The number of aromatic nitrogens is 1. The molecule has 2 saturated heterocycles. The maximum atomic E-state index is 13.8. The third-order valence-electron chi connectivity index (χ3n) is 6.16. The van der Waals surface area contributed by atoms with Gasteiger partial charge in [-0.25, -0.2) is 22.2 Å². The van der Waals surface area contributed by atoms with Gasteiger partial charge in [0.15, 0.2) is 5.13 Å². The van der Waals surface area contributed by atoms with E-state index in [2.05, 4.69) is 4.98 Å². The smallest absolute Gasteiger partial charge is 0.247 e. The monoisotopic (exact) mass is 507 g/mol. The Morgan fingerprint density at radius 2 is 1.88 bits per heavy atom. The van der Waals surface area contributed by atoms with E-state index in [9.17, 15) is 22.0 Å². The standard InChI is InChI=1S/C23H23F2N3O4S2/c24-15-5-8-18(9-6-15)34(30,31)28-11-1-4-20(28)22(29)27(14-17-3-2-12-32-17)23-26-19-10-7-16(25)13-21(19)33-23/h5-10,13,17,20H,1-4,11-12,14H2. The number of rotatable bonds is 6. The Bertz CT molecular complexity index is 1310. The van der Waals surface area contributed by atoms with E-state index in [0.29, 0.717) is 34.8 Å². The molecule has 3 aromatic rings. The first kappa shape index (κ1) is 23.3. The van der Waals surface area contributed by atoms with Gasteiger partial charge in [0.25, 0.3) is 0 Å². The fourth-order valence-electron chi connectivity index (χ4n) is 4.45. The van der Waals surface area contributed by atoms with Crippen LogP contribution in [0.5, 0.6) is 0 Å². The van der Waals surface area contributed by atoms with Crippen molar-refractivity contribution < 1.29 is 26.7 Å². The fraction of sp³-hybridized carbons (Fsp3) is 0.391. The van der Waals surface area contributed by atoms with E-state index in [0.717, 1.165) is 25.0 Å². The molecule has 7 nitrogen and oxygen atoms in total. The molecule has 0 bridgehead atoms. The van der Waals surface area contributed by atoms with Crippen LogP contribution in [0.2, 0.25) is 0 Å². The van der Waals surface area contributed by atoms with Crippen molar-refractivity contribution in [3.05, 3.63) is 54.1 Å². The lowest BCUT2D eigenvalue weighted by atomic mass is 10.2. The van der Waals surface area contributed by atoms with Crippen LogP contribution < -0.4 is 4.90 Å². The van der Waals surface area contributed by atoms with Gasteiger partial charge in [0.2, 0.25) is 15.9 Å². The number of hydrogen-bond acceptors (Lipinski definition) is 6. The molecule has 0 spiro atoms. The Hall–Kier alpha value is -2.47. The molecule has 2 unspecified atom stereocenters. The lowest BCUT2D eigenvalue weighted by molar-refractivity contribution is -0.122. The molecule has 0 aliphatic carbocycles. The van der Waals surface area contributed by atoms with Gasteiger partial charge in [0.05, 0.1) is 27.8 Å². The molecule has 0 radical (unpaired) electrons. The number of fused-ring (bicyclic) bond motifs is 1. The molecule has 11 heteroatoms. The molecule has 2 aliphatic rings. The Labute approximate surface area is 200 Å². The second kappa shape index (κ2) is 9.29. The van der Waals surface area contributed by atoms with Gasteiger partial charge in [-0.15, -0.1) is 0 Å². The molecule has 1 amide bonds. The molecule has 3 heterocycles. The number of anilines is 1. The van der Waals surface area contributed by atoms with Crippen LogP contribution in [0.3, 0.4) is 0 Å². The second-order valence-corrected chi connectivity index (χ2v) is 11.3. The number of nitrogens with zero attached hydrogens (tertiary/aromatic N) is 3. The molecule has 0 saturated carbocycles. The predicted octanol–water partition coefficient (Wildman–Crippen LogP) is 3.94. The van der Waals surface area contributed by atoms with Crippen molar-refractivity contribution in [1.29, 1.82) is 0 Å². The minimum Gasteiger partial charge on any atom is -0.376 e. The van der Waals surface area contributed by atoms with Crippen LogP contribution >= 0.6 is 11.3 Å². The zero-order valence-electron chi connectivity index (χ0n) is 18.2. The second-order valence-electron chi connectivity index (χ2n) is 8.42. The summed E-state index contributed by atoms with van der Waals surface area (Å²) in [5.74, 6) is -1.33. The number of sulfonamides is 1. The highest BCUT2D eigenvalue weighted by Crippen LogP contribution is 2.34. The van der Waals surface area contributed by atoms with E-state index in [1.165, 1.54) is 44.8 Å². The van der Waals surface area contributed by atoms with Crippen LogP contribution in [0.15, 0.2) is 47.4 Å². The summed E-state index contributed by atoms with van der Waals surface area (Å²) in [7, 11) is -4.00. The highest BCUT2D eigenvalue weighted by molar-refractivity contribution is 7.89. The number of benzene rings is 2. The Morgan fingerprint density at radius 1 is 1.12 bits per heavy atom. The van der Waals surface area contributed by atoms with Crippen molar-refractivity contribution >= 4 is 42.6 Å². The van der Waals surface area contributed by atoms with E-state index < -0.39 is 33.6 Å². The van der Waals surface area contributed by atoms with E-state index in [1.807, 2.05) is 0 Å². The lowest BCUT2D eigenvalue weighted by Gasteiger charge is -2.29. The zero-order valence-corrected chi connectivity index (χ0v) is 19.8. The van der Waals surface area contributed by atoms with E-state index in [1.54, 1.807) is 6.07 Å². The zero-order chi connectivity index (χ0) is 23.9. The Balaban J connectivity index is 1.48. The van der Waals surface area contributed by atoms with Crippen molar-refractivity contribution in [2.45, 2.75) is 42.7 Å². The van der Waals surface area contributed by atoms with E-state index in [-0.39, 0.29) is 24.1 Å². The Morgan fingerprint density at radius 3 is 2.62 bits per heavy atom. The highest BCUT2D eigenvalue weighted by Gasteiger charge is 2.42. The van der Waals surface area contributed by atoms with Crippen LogP contribution in [-0.4, -0.2) is 55.5 Å². The van der Waals surface area contributed by atoms with Crippen LogP contribution in [0, 0.1) is 11.6 Å². The summed E-state index contributed by atoms with van der Waals surface area (Å²) >= 11 is 1.19. The highest BCUT2D eigenvalue weighted by atomic mass is 32.2. The summed E-state index contributed by atoms with van der Waals surface area (Å²) in [6.45, 7) is 1.03. The summed E-state index contributed by atoms with van der Waals surface area (Å²) in [6.07, 6.45) is 2.37. The van der Waals surface area contributed by atoms with Crippen LogP contribution in [0.1, 0.15) is 25.7 Å². The number of amides is 1. The minimum absolute atomic E-state index is 0.0604. The largest absolute Gasteiger partial charge is 0.376 e. The minimum atomic E-state index is -4.00. The third kappa shape index (κ3) is 4.45. The summed E-state index contributed by atoms with van der Waals surface area (Å²) in [5.41, 5.74) is 0.564. The number of halogens is 2. The van der Waals surface area contributed by atoms with Gasteiger partial charge in [0, 0.05) is 13.2 Å². The first-order valence-corrected chi connectivity index (χ1v) is 13.3. The quantitative estimate of drug-likeness (QED) is 0.505. The SMILES string of the molecule is O=C(C1CCCN1S(=O)(=O)c1ccc(F)cc1)N(CC1CCCO1)c1nc2ccc(F)cc2s1. The number of ether oxygens (including phenoxy) is 1. The molecule has 5 rings (SSSR count). The average Bonchev–Trinajstić information content (AvgIpc) is 3.57. The summed E-state index contributed by atoms with van der Waals surface area (Å²) < 4.78 is 61.2. The first-order valence-electron chi connectivity index (χ1n) is 11.1. The normalized spacial score (nSPS) is 21.4. The van der Waals surface area contributed by atoms with Crippen molar-refractivity contribution in [3.63, 3.8) is 0 Å². The summed E-state index contributed by atoms with van der Waals surface area (Å²) in [5, 5.41) is 0.382. The maximum absolute atomic E-state index is 13.8. The fourth-order valence-corrected chi connectivity index (χ4v) is 7.11. The Kier molecular flexibility index (Phi) is 6.36. The van der Waals surface area contributed by atoms with Crippen molar-refractivity contribution in [3.8, 4) is 0 Å². The van der Waals surface area contributed by atoms with Gasteiger partial charge in [0.1, 0.15) is 17.7 Å². The van der Waals surface area contributed by atoms with Crippen molar-refractivity contribution in [2.75, 3.05) is 24.6 Å².